The lowest BCUT2D eigenvalue weighted by atomic mass is 9.86. The van der Waals surface area contributed by atoms with Crippen molar-refractivity contribution in [2.75, 3.05) is 13.2 Å². The van der Waals surface area contributed by atoms with E-state index in [1.165, 1.54) is 19.9 Å². The van der Waals surface area contributed by atoms with Crippen LogP contribution in [0, 0.1) is 5.92 Å². The molecule has 3 aliphatic rings. The number of aliphatic hydroxyl groups is 2. The molecule has 0 aromatic rings. The summed E-state index contributed by atoms with van der Waals surface area (Å²) >= 11 is 0. The number of fused-ring (bicyclic) bond motifs is 3. The third-order valence-corrected chi connectivity index (χ3v) is 5.91. The molecule has 0 radical (unpaired) electrons. The number of hydrogen-bond acceptors (Lipinski definition) is 9. The van der Waals surface area contributed by atoms with Crippen LogP contribution in [0.15, 0.2) is 34.6 Å². The van der Waals surface area contributed by atoms with Gasteiger partial charge in [-0.05, 0) is 38.8 Å². The third kappa shape index (κ3) is 4.73. The van der Waals surface area contributed by atoms with E-state index in [-0.39, 0.29) is 36.5 Å². The smallest absolute Gasteiger partial charge is 0.343 e. The van der Waals surface area contributed by atoms with Gasteiger partial charge in [-0.15, -0.1) is 0 Å². The number of carbonyl (C=O) groups is 3. The molecule has 4 atom stereocenters. The molecular weight excluding hydrogens is 408 g/mol. The Labute approximate surface area is 180 Å². The molecule has 0 aliphatic carbocycles. The van der Waals surface area contributed by atoms with Gasteiger partial charge in [0, 0.05) is 30.4 Å². The summed E-state index contributed by atoms with van der Waals surface area (Å²) in [6.45, 7) is 5.60. The van der Waals surface area contributed by atoms with Crippen molar-refractivity contribution in [2.24, 2.45) is 5.92 Å². The highest BCUT2D eigenvalue weighted by molar-refractivity contribution is 5.96. The first-order valence-corrected chi connectivity index (χ1v) is 10.2. The van der Waals surface area contributed by atoms with Gasteiger partial charge in [0.25, 0.3) is 0 Å². The molecule has 9 nitrogen and oxygen atoms in total. The Bertz CT molecular complexity index is 883. The molecule has 1 fully saturated rings. The molecule has 31 heavy (non-hydrogen) atoms. The second-order valence-corrected chi connectivity index (χ2v) is 8.43. The fourth-order valence-electron chi connectivity index (χ4n) is 4.08. The SMILES string of the molecule is CC(=O)OCC1=C2/C(=C\[C@@]3(C)CC[C@@](O)(O3)[C@H](C)C[C@@H]2OC(=O)/C(C)=C/CO)OC1=O. The number of rotatable bonds is 5. The topological polar surface area (TPSA) is 129 Å². The van der Waals surface area contributed by atoms with Gasteiger partial charge in [-0.3, -0.25) is 4.79 Å². The van der Waals surface area contributed by atoms with E-state index >= 15 is 0 Å². The Kier molecular flexibility index (Phi) is 6.40. The van der Waals surface area contributed by atoms with Gasteiger partial charge in [0.2, 0.25) is 0 Å². The molecule has 0 aromatic heterocycles. The summed E-state index contributed by atoms with van der Waals surface area (Å²) in [6.07, 6.45) is 2.95. The quantitative estimate of drug-likeness (QED) is 0.374. The van der Waals surface area contributed by atoms with Gasteiger partial charge in [-0.25, -0.2) is 9.59 Å². The zero-order chi connectivity index (χ0) is 23.0. The van der Waals surface area contributed by atoms with Crippen LogP contribution in [0.3, 0.4) is 0 Å². The summed E-state index contributed by atoms with van der Waals surface area (Å²) in [5.74, 6) is -3.70. The Hall–Kier alpha value is -2.49. The van der Waals surface area contributed by atoms with E-state index in [1.54, 1.807) is 19.9 Å². The second kappa shape index (κ2) is 8.57. The van der Waals surface area contributed by atoms with Gasteiger partial charge >= 0.3 is 17.9 Å². The maximum absolute atomic E-state index is 12.6. The van der Waals surface area contributed by atoms with E-state index in [2.05, 4.69) is 0 Å². The van der Waals surface area contributed by atoms with E-state index in [0.29, 0.717) is 18.4 Å². The van der Waals surface area contributed by atoms with E-state index in [9.17, 15) is 19.5 Å². The van der Waals surface area contributed by atoms with Gasteiger partial charge in [0.15, 0.2) is 5.79 Å². The minimum atomic E-state index is -1.44. The number of aliphatic hydroxyl groups excluding tert-OH is 1. The van der Waals surface area contributed by atoms with Gasteiger partial charge in [-0.2, -0.15) is 0 Å². The summed E-state index contributed by atoms with van der Waals surface area (Å²) < 4.78 is 22.2. The summed E-state index contributed by atoms with van der Waals surface area (Å²) in [4.78, 5) is 36.5. The lowest BCUT2D eigenvalue weighted by Crippen LogP contribution is -2.40. The molecule has 0 unspecified atom stereocenters. The molecule has 3 heterocycles. The zero-order valence-electron chi connectivity index (χ0n) is 18.1. The van der Waals surface area contributed by atoms with E-state index in [0.717, 1.165) is 0 Å². The predicted octanol–water partition coefficient (Wildman–Crippen LogP) is 1.43. The van der Waals surface area contributed by atoms with Crippen LogP contribution in [0.25, 0.3) is 0 Å². The summed E-state index contributed by atoms with van der Waals surface area (Å²) in [5, 5.41) is 20.1. The average Bonchev–Trinajstić information content (AvgIpc) is 3.15. The van der Waals surface area contributed by atoms with Crippen LogP contribution in [0.5, 0.6) is 0 Å². The number of ether oxygens (including phenoxy) is 4. The standard InChI is InChI=1S/C22H28O9/c1-12(5-8-23)19(25)29-16-9-13(2)22(27)7-6-21(4,31-22)10-17-18(16)15(20(26)30-17)11-28-14(3)24/h5,10,13,16,23,27H,6-9,11H2,1-4H3/b12-5+,17-10+/t13-,16+,21-,22-/m1/s1. The summed E-state index contributed by atoms with van der Waals surface area (Å²) in [7, 11) is 0. The lowest BCUT2D eigenvalue weighted by molar-refractivity contribution is -0.238. The molecule has 0 amide bonds. The Morgan fingerprint density at radius 2 is 2.03 bits per heavy atom. The third-order valence-electron chi connectivity index (χ3n) is 5.91. The maximum atomic E-state index is 12.6. The van der Waals surface area contributed by atoms with Gasteiger partial charge in [-0.1, -0.05) is 6.92 Å². The predicted molar refractivity (Wildman–Crippen MR) is 106 cm³/mol. The minimum absolute atomic E-state index is 0.0728. The van der Waals surface area contributed by atoms with E-state index in [4.69, 9.17) is 24.1 Å². The van der Waals surface area contributed by atoms with Crippen LogP contribution in [0.2, 0.25) is 0 Å². The first kappa shape index (κ1) is 23.2. The first-order chi connectivity index (χ1) is 14.5. The molecule has 2 N–H and O–H groups in total. The van der Waals surface area contributed by atoms with Crippen LogP contribution in [-0.4, -0.2) is 58.8 Å². The van der Waals surface area contributed by atoms with Crippen molar-refractivity contribution in [1.82, 2.24) is 0 Å². The van der Waals surface area contributed by atoms with E-state index in [1.807, 2.05) is 0 Å². The highest BCUT2D eigenvalue weighted by atomic mass is 16.6. The van der Waals surface area contributed by atoms with Crippen molar-refractivity contribution in [1.29, 1.82) is 0 Å². The van der Waals surface area contributed by atoms with Crippen molar-refractivity contribution < 1.29 is 43.5 Å². The Morgan fingerprint density at radius 1 is 1.32 bits per heavy atom. The van der Waals surface area contributed by atoms with Crippen molar-refractivity contribution in [3.8, 4) is 0 Å². The van der Waals surface area contributed by atoms with Crippen molar-refractivity contribution >= 4 is 17.9 Å². The molecule has 3 aliphatic heterocycles. The van der Waals surface area contributed by atoms with Gasteiger partial charge in [0.1, 0.15) is 18.5 Å². The lowest BCUT2D eigenvalue weighted by Gasteiger charge is -2.33. The fourth-order valence-corrected chi connectivity index (χ4v) is 4.08. The molecule has 0 spiro atoms. The molecule has 9 heteroatoms. The van der Waals surface area contributed by atoms with Gasteiger partial charge < -0.3 is 29.2 Å². The van der Waals surface area contributed by atoms with Crippen LogP contribution < -0.4 is 0 Å². The largest absolute Gasteiger partial charge is 0.461 e. The molecular formula is C22H28O9. The van der Waals surface area contributed by atoms with Gasteiger partial charge in [0.05, 0.1) is 17.8 Å². The average molecular weight is 436 g/mol. The number of carbonyl (C=O) groups excluding carboxylic acids is 3. The van der Waals surface area contributed by atoms with E-state index < -0.39 is 41.3 Å². The van der Waals surface area contributed by atoms with Crippen molar-refractivity contribution in [2.45, 2.75) is 64.4 Å². The molecule has 0 aromatic carbocycles. The maximum Gasteiger partial charge on any atom is 0.343 e. The van der Waals surface area contributed by atoms with Crippen LogP contribution in [0.4, 0.5) is 0 Å². The minimum Gasteiger partial charge on any atom is -0.461 e. The molecule has 2 bridgehead atoms. The normalized spacial score (nSPS) is 34.7. The Morgan fingerprint density at radius 3 is 2.68 bits per heavy atom. The van der Waals surface area contributed by atoms with Crippen molar-refractivity contribution in [3.63, 3.8) is 0 Å². The van der Waals surface area contributed by atoms with Crippen LogP contribution in [0.1, 0.15) is 47.0 Å². The zero-order valence-corrected chi connectivity index (χ0v) is 18.1. The number of esters is 3. The fraction of sp³-hybridized carbons (Fsp3) is 0.591. The monoisotopic (exact) mass is 436 g/mol. The molecule has 1 saturated heterocycles. The van der Waals surface area contributed by atoms with Crippen LogP contribution in [-0.2, 0) is 33.3 Å². The Balaban J connectivity index is 2.10. The molecule has 0 saturated carbocycles. The highest BCUT2D eigenvalue weighted by Gasteiger charge is 2.52. The summed E-state index contributed by atoms with van der Waals surface area (Å²) in [6, 6.07) is 0. The highest BCUT2D eigenvalue weighted by Crippen LogP contribution is 2.47. The van der Waals surface area contributed by atoms with Crippen molar-refractivity contribution in [3.05, 3.63) is 34.6 Å². The van der Waals surface area contributed by atoms with Crippen LogP contribution >= 0.6 is 0 Å². The first-order valence-electron chi connectivity index (χ1n) is 10.2. The number of hydrogen-bond donors (Lipinski definition) is 2. The second-order valence-electron chi connectivity index (χ2n) is 8.43. The molecule has 170 valence electrons. The molecule has 3 rings (SSSR count). The summed E-state index contributed by atoms with van der Waals surface area (Å²) in [5.41, 5.74) is -0.337.